The summed E-state index contributed by atoms with van der Waals surface area (Å²) in [6.07, 6.45) is 0. The highest BCUT2D eigenvalue weighted by atomic mass is 79.9. The van der Waals surface area contributed by atoms with Crippen LogP contribution in [0.2, 0.25) is 0 Å². The lowest BCUT2D eigenvalue weighted by Crippen LogP contribution is -2.03. The number of carbonyl (C=O) groups is 1. The van der Waals surface area contributed by atoms with Gasteiger partial charge < -0.3 is 10.4 Å². The molecule has 2 aromatic carbocycles. The number of aromatic carboxylic acids is 1. The number of hydrogen-bond donors (Lipinski definition) is 2. The van der Waals surface area contributed by atoms with Gasteiger partial charge in [-0.1, -0.05) is 22.0 Å². The molecule has 0 radical (unpaired) electrons. The van der Waals surface area contributed by atoms with Gasteiger partial charge in [-0.25, -0.2) is 13.6 Å². The fourth-order valence-corrected chi connectivity index (χ4v) is 2.15. The van der Waals surface area contributed by atoms with E-state index in [0.717, 1.165) is 17.7 Å². The number of benzene rings is 2. The number of nitrogens with one attached hydrogen (secondary N) is 1. The lowest BCUT2D eigenvalue weighted by atomic mass is 10.1. The van der Waals surface area contributed by atoms with Crippen molar-refractivity contribution >= 4 is 27.6 Å². The van der Waals surface area contributed by atoms with Crippen molar-refractivity contribution < 1.29 is 18.7 Å². The van der Waals surface area contributed by atoms with E-state index in [1.54, 1.807) is 6.07 Å². The van der Waals surface area contributed by atoms with Crippen molar-refractivity contribution in [2.45, 2.75) is 6.54 Å². The Bertz CT molecular complexity index is 662. The third-order valence-electron chi connectivity index (χ3n) is 2.70. The fourth-order valence-electron chi connectivity index (χ4n) is 1.63. The predicted molar refractivity (Wildman–Crippen MR) is 74.8 cm³/mol. The summed E-state index contributed by atoms with van der Waals surface area (Å²) in [6.45, 7) is 0.353. The quantitative estimate of drug-likeness (QED) is 0.882. The highest BCUT2D eigenvalue weighted by Crippen LogP contribution is 2.21. The molecule has 0 unspecified atom stereocenters. The van der Waals surface area contributed by atoms with Crippen LogP contribution in [0.15, 0.2) is 40.9 Å². The molecule has 0 aliphatic heterocycles. The van der Waals surface area contributed by atoms with Gasteiger partial charge >= 0.3 is 5.97 Å². The minimum atomic E-state index is -1.01. The van der Waals surface area contributed by atoms with Crippen molar-refractivity contribution in [2.24, 2.45) is 0 Å². The molecule has 20 heavy (non-hydrogen) atoms. The second-order valence-corrected chi connectivity index (χ2v) is 4.95. The summed E-state index contributed by atoms with van der Waals surface area (Å²) in [7, 11) is 0. The molecule has 3 nitrogen and oxygen atoms in total. The lowest BCUT2D eigenvalue weighted by molar-refractivity contribution is 0.0697. The summed E-state index contributed by atoms with van der Waals surface area (Å²) in [5.41, 5.74) is 1.42. The Morgan fingerprint density at radius 2 is 1.90 bits per heavy atom. The van der Waals surface area contributed by atoms with Gasteiger partial charge in [0.05, 0.1) is 5.56 Å². The van der Waals surface area contributed by atoms with Crippen LogP contribution in [0.3, 0.4) is 0 Å². The smallest absolute Gasteiger partial charge is 0.335 e. The van der Waals surface area contributed by atoms with Crippen LogP contribution in [0, 0.1) is 11.6 Å². The molecular weight excluding hydrogens is 332 g/mol. The topological polar surface area (TPSA) is 49.3 Å². The van der Waals surface area contributed by atoms with Crippen LogP contribution >= 0.6 is 15.9 Å². The lowest BCUT2D eigenvalue weighted by Gasteiger charge is -2.09. The normalized spacial score (nSPS) is 10.3. The molecule has 2 N–H and O–H groups in total. The van der Waals surface area contributed by atoms with Crippen LogP contribution < -0.4 is 5.32 Å². The van der Waals surface area contributed by atoms with E-state index in [9.17, 15) is 13.6 Å². The number of rotatable bonds is 4. The molecule has 6 heteroatoms. The highest BCUT2D eigenvalue weighted by Gasteiger charge is 2.07. The molecule has 0 fully saturated rings. The number of carboxylic acids is 1. The molecule has 0 amide bonds. The standard InChI is InChI=1S/C14H10BrF2NO2/c15-11-5-8(14(19)20)1-2-9(11)7-18-10-3-4-12(16)13(17)6-10/h1-6,18H,7H2,(H,19,20). The first-order valence-electron chi connectivity index (χ1n) is 5.68. The highest BCUT2D eigenvalue weighted by molar-refractivity contribution is 9.10. The number of halogens is 3. The molecule has 0 heterocycles. The molecule has 104 valence electrons. The second kappa shape index (κ2) is 6.00. The van der Waals surface area contributed by atoms with Crippen molar-refractivity contribution in [2.75, 3.05) is 5.32 Å². The maximum Gasteiger partial charge on any atom is 0.335 e. The largest absolute Gasteiger partial charge is 0.478 e. The Hall–Kier alpha value is -1.95. The van der Waals surface area contributed by atoms with Crippen LogP contribution in [-0.2, 0) is 6.54 Å². The molecule has 0 saturated heterocycles. The first-order valence-corrected chi connectivity index (χ1v) is 6.47. The van der Waals surface area contributed by atoms with E-state index in [4.69, 9.17) is 5.11 Å². The zero-order valence-corrected chi connectivity index (χ0v) is 11.7. The third-order valence-corrected chi connectivity index (χ3v) is 3.44. The average Bonchev–Trinajstić information content (AvgIpc) is 2.41. The Morgan fingerprint density at radius 1 is 1.15 bits per heavy atom. The summed E-state index contributed by atoms with van der Waals surface area (Å²) in [5, 5.41) is 11.8. The summed E-state index contributed by atoms with van der Waals surface area (Å²) in [4.78, 5) is 10.8. The third kappa shape index (κ3) is 3.33. The van der Waals surface area contributed by atoms with Gasteiger partial charge in [0.15, 0.2) is 11.6 Å². The molecular formula is C14H10BrF2NO2. The van der Waals surface area contributed by atoms with Crippen LogP contribution in [0.4, 0.5) is 14.5 Å². The maximum absolute atomic E-state index is 13.0. The zero-order valence-electron chi connectivity index (χ0n) is 10.2. The van der Waals surface area contributed by atoms with Crippen molar-refractivity contribution in [3.05, 3.63) is 63.6 Å². The molecule has 0 spiro atoms. The Labute approximate surface area is 122 Å². The predicted octanol–water partition coefficient (Wildman–Crippen LogP) is 4.04. The first-order chi connectivity index (χ1) is 9.47. The van der Waals surface area contributed by atoms with E-state index in [-0.39, 0.29) is 5.56 Å². The van der Waals surface area contributed by atoms with E-state index >= 15 is 0 Å². The van der Waals surface area contributed by atoms with Crippen molar-refractivity contribution in [3.8, 4) is 0 Å². The summed E-state index contributed by atoms with van der Waals surface area (Å²) < 4.78 is 26.4. The average molecular weight is 342 g/mol. The molecule has 0 saturated carbocycles. The second-order valence-electron chi connectivity index (χ2n) is 4.09. The minimum Gasteiger partial charge on any atom is -0.478 e. The van der Waals surface area contributed by atoms with Crippen molar-refractivity contribution in [3.63, 3.8) is 0 Å². The maximum atomic E-state index is 13.0. The van der Waals surface area contributed by atoms with Gasteiger partial charge in [-0.3, -0.25) is 0 Å². The monoisotopic (exact) mass is 341 g/mol. The Morgan fingerprint density at radius 3 is 2.50 bits per heavy atom. The molecule has 2 rings (SSSR count). The molecule has 0 aliphatic carbocycles. The number of carboxylic acid groups (broad SMARTS) is 1. The van der Waals surface area contributed by atoms with Gasteiger partial charge in [-0.05, 0) is 29.8 Å². The van der Waals surface area contributed by atoms with Crippen molar-refractivity contribution in [1.29, 1.82) is 0 Å². The summed E-state index contributed by atoms with van der Waals surface area (Å²) >= 11 is 3.28. The van der Waals surface area contributed by atoms with E-state index < -0.39 is 17.6 Å². The molecule has 0 atom stereocenters. The van der Waals surface area contributed by atoms with Gasteiger partial charge in [0.2, 0.25) is 0 Å². The number of anilines is 1. The van der Waals surface area contributed by atoms with Gasteiger partial charge in [0, 0.05) is 22.8 Å². The molecule has 0 aliphatic rings. The summed E-state index contributed by atoms with van der Waals surface area (Å²) in [5.74, 6) is -2.83. The minimum absolute atomic E-state index is 0.174. The Kier molecular flexibility index (Phi) is 4.34. The van der Waals surface area contributed by atoms with Gasteiger partial charge in [0.25, 0.3) is 0 Å². The van der Waals surface area contributed by atoms with Crippen molar-refractivity contribution in [1.82, 2.24) is 0 Å². The molecule has 0 aromatic heterocycles. The van der Waals surface area contributed by atoms with Crippen LogP contribution in [0.25, 0.3) is 0 Å². The molecule has 2 aromatic rings. The van der Waals surface area contributed by atoms with Gasteiger partial charge in [-0.15, -0.1) is 0 Å². The van der Waals surface area contributed by atoms with Crippen LogP contribution in [0.1, 0.15) is 15.9 Å². The van der Waals surface area contributed by atoms with E-state index in [1.807, 2.05) is 0 Å². The van der Waals surface area contributed by atoms with Crippen LogP contribution in [-0.4, -0.2) is 11.1 Å². The zero-order chi connectivity index (χ0) is 14.7. The van der Waals surface area contributed by atoms with Gasteiger partial charge in [-0.2, -0.15) is 0 Å². The van der Waals surface area contributed by atoms with E-state index in [2.05, 4.69) is 21.2 Å². The SMILES string of the molecule is O=C(O)c1ccc(CNc2ccc(F)c(F)c2)c(Br)c1. The fraction of sp³-hybridized carbons (Fsp3) is 0.0714. The Balaban J connectivity index is 2.10. The van der Waals surface area contributed by atoms with Crippen LogP contribution in [0.5, 0.6) is 0 Å². The van der Waals surface area contributed by atoms with Gasteiger partial charge in [0.1, 0.15) is 0 Å². The number of hydrogen-bond acceptors (Lipinski definition) is 2. The van der Waals surface area contributed by atoms with E-state index in [1.165, 1.54) is 18.2 Å². The summed E-state index contributed by atoms with van der Waals surface area (Å²) in [6, 6.07) is 8.16. The molecule has 0 bridgehead atoms. The first kappa shape index (κ1) is 14.5. The van der Waals surface area contributed by atoms with E-state index in [0.29, 0.717) is 16.7 Å².